The number of hydrogen-bond acceptors (Lipinski definition) is 8. The highest BCUT2D eigenvalue weighted by atomic mass is 16.5. The minimum absolute atomic E-state index is 0.0781. The Hall–Kier alpha value is -3.07. The summed E-state index contributed by atoms with van der Waals surface area (Å²) in [5, 5.41) is 10.3. The highest BCUT2D eigenvalue weighted by molar-refractivity contribution is 5.51. The largest absolute Gasteiger partial charge is 0.355 e. The first-order valence-corrected chi connectivity index (χ1v) is 8.09. The lowest BCUT2D eigenvalue weighted by Crippen LogP contribution is -2.31. The molecule has 0 atom stereocenters. The quantitative estimate of drug-likeness (QED) is 0.615. The topological polar surface area (TPSA) is 122 Å². The molecule has 0 fully saturated rings. The average molecular weight is 339 g/mol. The smallest absolute Gasteiger partial charge is 0.255 e. The molecule has 0 saturated heterocycles. The van der Waals surface area contributed by atoms with Gasteiger partial charge in [-0.2, -0.15) is 4.98 Å². The molecule has 9 heteroatoms. The molecular weight excluding hydrogens is 322 g/mol. The first-order chi connectivity index (χ1) is 12.3. The van der Waals surface area contributed by atoms with E-state index in [-0.39, 0.29) is 5.56 Å². The van der Waals surface area contributed by atoms with E-state index in [4.69, 9.17) is 4.52 Å². The van der Waals surface area contributed by atoms with Gasteiger partial charge in [0.2, 0.25) is 17.7 Å². The molecule has 0 bridgehead atoms. The molecule has 3 aromatic heterocycles. The van der Waals surface area contributed by atoms with E-state index in [1.165, 1.54) is 0 Å². The number of aromatic amines is 1. The molecule has 3 aromatic rings. The Kier molecular flexibility index (Phi) is 4.21. The van der Waals surface area contributed by atoms with Crippen LogP contribution in [0.2, 0.25) is 0 Å². The van der Waals surface area contributed by atoms with Crippen LogP contribution in [0.1, 0.15) is 17.1 Å². The summed E-state index contributed by atoms with van der Waals surface area (Å²) >= 11 is 0. The zero-order valence-electron chi connectivity index (χ0n) is 13.5. The standard InChI is InChI=1S/C16H17N7O2/c24-15-11-3-6-18-9-12(11)20-16(22-15)19-7-4-13-21-14(23-25-13)10-2-1-5-17-8-10/h1-2,5,8,18H,3-4,6-7,9H2,(H2,19,20,22,24). The third-order valence-corrected chi connectivity index (χ3v) is 3.96. The van der Waals surface area contributed by atoms with Crippen LogP contribution in [0.5, 0.6) is 0 Å². The number of H-pyrrole nitrogens is 1. The Morgan fingerprint density at radius 3 is 3.16 bits per heavy atom. The third-order valence-electron chi connectivity index (χ3n) is 3.96. The third kappa shape index (κ3) is 3.41. The molecule has 128 valence electrons. The van der Waals surface area contributed by atoms with Crippen LogP contribution in [-0.2, 0) is 19.4 Å². The predicted molar refractivity (Wildman–Crippen MR) is 90.0 cm³/mol. The number of rotatable bonds is 5. The molecule has 4 heterocycles. The SMILES string of the molecule is O=c1[nH]c(NCCc2nc(-c3cccnc3)no2)nc2c1CCNC2. The van der Waals surface area contributed by atoms with Crippen molar-refractivity contribution in [2.75, 3.05) is 18.4 Å². The fourth-order valence-electron chi connectivity index (χ4n) is 2.71. The second kappa shape index (κ2) is 6.81. The minimum Gasteiger partial charge on any atom is -0.355 e. The average Bonchev–Trinajstić information content (AvgIpc) is 3.12. The van der Waals surface area contributed by atoms with Gasteiger partial charge < -0.3 is 15.2 Å². The molecule has 0 aliphatic carbocycles. The highest BCUT2D eigenvalue weighted by Crippen LogP contribution is 2.14. The molecule has 9 nitrogen and oxygen atoms in total. The van der Waals surface area contributed by atoms with E-state index in [2.05, 4.69) is 35.7 Å². The maximum absolute atomic E-state index is 12.1. The van der Waals surface area contributed by atoms with E-state index < -0.39 is 0 Å². The first kappa shape index (κ1) is 15.5. The van der Waals surface area contributed by atoms with E-state index in [9.17, 15) is 4.79 Å². The molecule has 0 radical (unpaired) electrons. The maximum atomic E-state index is 12.1. The molecule has 4 rings (SSSR count). The summed E-state index contributed by atoms with van der Waals surface area (Å²) in [5.74, 6) is 1.47. The molecule has 0 saturated carbocycles. The van der Waals surface area contributed by atoms with Gasteiger partial charge in [0.05, 0.1) is 5.69 Å². The molecule has 1 aliphatic rings. The number of nitrogens with zero attached hydrogens (tertiary/aromatic N) is 4. The van der Waals surface area contributed by atoms with E-state index in [0.717, 1.165) is 23.4 Å². The molecule has 1 aliphatic heterocycles. The van der Waals surface area contributed by atoms with Crippen LogP contribution < -0.4 is 16.2 Å². The predicted octanol–water partition coefficient (Wildman–Crippen LogP) is 0.515. The van der Waals surface area contributed by atoms with Crippen LogP contribution >= 0.6 is 0 Å². The van der Waals surface area contributed by atoms with Gasteiger partial charge in [0.25, 0.3) is 5.56 Å². The van der Waals surface area contributed by atoms with Crippen LogP contribution in [0.3, 0.4) is 0 Å². The Bertz CT molecular complexity index is 920. The maximum Gasteiger partial charge on any atom is 0.255 e. The number of pyridine rings is 1. The van der Waals surface area contributed by atoms with Crippen LogP contribution in [0.15, 0.2) is 33.8 Å². The lowest BCUT2D eigenvalue weighted by atomic mass is 10.1. The summed E-state index contributed by atoms with van der Waals surface area (Å²) in [6.07, 6.45) is 4.60. The van der Waals surface area contributed by atoms with Gasteiger partial charge >= 0.3 is 0 Å². The fraction of sp³-hybridized carbons (Fsp3) is 0.312. The van der Waals surface area contributed by atoms with Crippen LogP contribution in [-0.4, -0.2) is 38.2 Å². The Labute approximate surface area is 142 Å². The monoisotopic (exact) mass is 339 g/mol. The zero-order valence-corrected chi connectivity index (χ0v) is 13.5. The molecule has 0 unspecified atom stereocenters. The number of fused-ring (bicyclic) bond motifs is 1. The molecule has 0 aromatic carbocycles. The number of hydrogen-bond donors (Lipinski definition) is 3. The molecule has 0 spiro atoms. The summed E-state index contributed by atoms with van der Waals surface area (Å²) in [5.41, 5.74) is 2.29. The second-order valence-corrected chi connectivity index (χ2v) is 5.70. The zero-order chi connectivity index (χ0) is 17.1. The van der Waals surface area contributed by atoms with E-state index in [0.29, 0.717) is 43.6 Å². The fourth-order valence-corrected chi connectivity index (χ4v) is 2.71. The number of nitrogens with one attached hydrogen (secondary N) is 3. The Morgan fingerprint density at radius 2 is 2.28 bits per heavy atom. The molecule has 0 amide bonds. The van der Waals surface area contributed by atoms with Gasteiger partial charge in [-0.1, -0.05) is 5.16 Å². The molecule has 25 heavy (non-hydrogen) atoms. The van der Waals surface area contributed by atoms with Gasteiger partial charge in [0, 0.05) is 43.0 Å². The van der Waals surface area contributed by atoms with Crippen molar-refractivity contribution in [1.82, 2.24) is 30.4 Å². The molecular formula is C16H17N7O2. The van der Waals surface area contributed by atoms with Crippen molar-refractivity contribution in [2.24, 2.45) is 0 Å². The van der Waals surface area contributed by atoms with Crippen molar-refractivity contribution in [1.29, 1.82) is 0 Å². The van der Waals surface area contributed by atoms with Gasteiger partial charge in [-0.25, -0.2) is 4.98 Å². The lowest BCUT2D eigenvalue weighted by Gasteiger charge is -2.16. The van der Waals surface area contributed by atoms with Gasteiger partial charge in [0.15, 0.2) is 0 Å². The number of aromatic nitrogens is 5. The Morgan fingerprint density at radius 1 is 1.32 bits per heavy atom. The highest BCUT2D eigenvalue weighted by Gasteiger charge is 2.15. The van der Waals surface area contributed by atoms with Crippen molar-refractivity contribution in [3.63, 3.8) is 0 Å². The van der Waals surface area contributed by atoms with Gasteiger partial charge in [-0.15, -0.1) is 0 Å². The second-order valence-electron chi connectivity index (χ2n) is 5.70. The summed E-state index contributed by atoms with van der Waals surface area (Å²) in [6, 6.07) is 3.69. The van der Waals surface area contributed by atoms with E-state index >= 15 is 0 Å². The van der Waals surface area contributed by atoms with Crippen molar-refractivity contribution in [2.45, 2.75) is 19.4 Å². The van der Waals surface area contributed by atoms with Gasteiger partial charge in [0.1, 0.15) is 0 Å². The van der Waals surface area contributed by atoms with Crippen molar-refractivity contribution >= 4 is 5.95 Å². The summed E-state index contributed by atoms with van der Waals surface area (Å²) in [7, 11) is 0. The van der Waals surface area contributed by atoms with Crippen LogP contribution in [0, 0.1) is 0 Å². The minimum atomic E-state index is -0.0781. The molecule has 3 N–H and O–H groups in total. The first-order valence-electron chi connectivity index (χ1n) is 8.09. The van der Waals surface area contributed by atoms with Gasteiger partial charge in [-0.3, -0.25) is 14.8 Å². The lowest BCUT2D eigenvalue weighted by molar-refractivity contribution is 0.381. The normalized spacial score (nSPS) is 13.4. The van der Waals surface area contributed by atoms with Crippen molar-refractivity contribution < 1.29 is 4.52 Å². The van der Waals surface area contributed by atoms with E-state index in [1.807, 2.05) is 12.1 Å². The summed E-state index contributed by atoms with van der Waals surface area (Å²) in [4.78, 5) is 27.7. The summed E-state index contributed by atoms with van der Waals surface area (Å²) in [6.45, 7) is 1.94. The summed E-state index contributed by atoms with van der Waals surface area (Å²) < 4.78 is 5.24. The van der Waals surface area contributed by atoms with Crippen molar-refractivity contribution in [3.8, 4) is 11.4 Å². The van der Waals surface area contributed by atoms with Gasteiger partial charge in [-0.05, 0) is 25.1 Å². The Balaban J connectivity index is 1.39. The van der Waals surface area contributed by atoms with Crippen LogP contribution in [0.4, 0.5) is 5.95 Å². The number of anilines is 1. The van der Waals surface area contributed by atoms with Crippen LogP contribution in [0.25, 0.3) is 11.4 Å². The van der Waals surface area contributed by atoms with Crippen molar-refractivity contribution in [3.05, 3.63) is 52.0 Å². The van der Waals surface area contributed by atoms with E-state index in [1.54, 1.807) is 12.4 Å².